The first-order chi connectivity index (χ1) is 15.3. The van der Waals surface area contributed by atoms with Crippen molar-refractivity contribution in [1.29, 1.82) is 0 Å². The molecule has 3 N–H and O–H groups in total. The van der Waals surface area contributed by atoms with Crippen LogP contribution in [0.25, 0.3) is 10.9 Å². The number of anilines is 4. The fourth-order valence-corrected chi connectivity index (χ4v) is 3.61. The van der Waals surface area contributed by atoms with E-state index in [1.165, 1.54) is 18.5 Å². The third-order valence-corrected chi connectivity index (χ3v) is 5.15. The highest BCUT2D eigenvalue weighted by Crippen LogP contribution is 2.30. The highest BCUT2D eigenvalue weighted by Gasteiger charge is 2.29. The van der Waals surface area contributed by atoms with Gasteiger partial charge in [0.1, 0.15) is 12.1 Å². The minimum Gasteiger partial charge on any atom is -0.340 e. The van der Waals surface area contributed by atoms with E-state index in [1.54, 1.807) is 6.07 Å². The summed E-state index contributed by atoms with van der Waals surface area (Å²) in [6.45, 7) is 0. The van der Waals surface area contributed by atoms with Gasteiger partial charge in [0.05, 0.1) is 11.1 Å². The minimum absolute atomic E-state index is 0.238. The van der Waals surface area contributed by atoms with Gasteiger partial charge >= 0.3 is 6.18 Å². The third kappa shape index (κ3) is 5.32. The molecule has 5 nitrogen and oxygen atoms in total. The van der Waals surface area contributed by atoms with Gasteiger partial charge in [-0.1, -0.05) is 22.0 Å². The smallest absolute Gasteiger partial charge is 0.340 e. The molecular weight excluding hydrogens is 503 g/mol. The van der Waals surface area contributed by atoms with Crippen molar-refractivity contribution in [3.63, 3.8) is 0 Å². The van der Waals surface area contributed by atoms with Crippen LogP contribution >= 0.6 is 28.1 Å². The monoisotopic (exact) mass is 517 g/mol. The standard InChI is InChI=1S/C22H15BrF3N5S/c23-14-2-1-3-16(10-14)29-20-18-11-17(8-9-19(18)27-12-28-20)31-21(32)30-15-6-4-13(5-7-15)22(24,25)26/h1-12H,(H,27,28,29)(H2,30,31,32). The van der Waals surface area contributed by atoms with Crippen LogP contribution in [0.4, 0.5) is 36.1 Å². The maximum Gasteiger partial charge on any atom is 0.416 e. The molecular formula is C22H15BrF3N5S. The zero-order valence-corrected chi connectivity index (χ0v) is 18.6. The second-order valence-electron chi connectivity index (χ2n) is 6.74. The van der Waals surface area contributed by atoms with Crippen molar-refractivity contribution in [2.75, 3.05) is 16.0 Å². The molecule has 0 fully saturated rings. The quantitative estimate of drug-likeness (QED) is 0.254. The summed E-state index contributed by atoms with van der Waals surface area (Å²) in [4.78, 5) is 8.63. The third-order valence-electron chi connectivity index (χ3n) is 4.45. The molecule has 0 aliphatic rings. The first-order valence-electron chi connectivity index (χ1n) is 9.30. The molecule has 1 aromatic heterocycles. The van der Waals surface area contributed by atoms with Gasteiger partial charge < -0.3 is 16.0 Å². The van der Waals surface area contributed by atoms with Crippen LogP contribution in [0.3, 0.4) is 0 Å². The van der Waals surface area contributed by atoms with E-state index in [0.717, 1.165) is 33.2 Å². The van der Waals surface area contributed by atoms with E-state index >= 15 is 0 Å². The Bertz CT molecular complexity index is 1280. The summed E-state index contributed by atoms with van der Waals surface area (Å²) >= 11 is 8.75. The molecule has 3 aromatic carbocycles. The van der Waals surface area contributed by atoms with Gasteiger partial charge in [-0.05, 0) is 72.9 Å². The predicted octanol–water partition coefficient (Wildman–Crippen LogP) is 6.96. The van der Waals surface area contributed by atoms with Gasteiger partial charge in [0.2, 0.25) is 0 Å². The topological polar surface area (TPSA) is 61.9 Å². The second-order valence-corrected chi connectivity index (χ2v) is 8.07. The van der Waals surface area contributed by atoms with Crippen LogP contribution in [-0.2, 0) is 6.18 Å². The Morgan fingerprint density at radius 3 is 2.28 bits per heavy atom. The van der Waals surface area contributed by atoms with Crippen molar-refractivity contribution in [2.24, 2.45) is 0 Å². The molecule has 0 amide bonds. The van der Waals surface area contributed by atoms with Gasteiger partial charge in [-0.15, -0.1) is 0 Å². The van der Waals surface area contributed by atoms with E-state index in [4.69, 9.17) is 12.2 Å². The van der Waals surface area contributed by atoms with Crippen molar-refractivity contribution in [2.45, 2.75) is 6.18 Å². The molecule has 10 heteroatoms. The van der Waals surface area contributed by atoms with Crippen molar-refractivity contribution in [1.82, 2.24) is 9.97 Å². The van der Waals surface area contributed by atoms with E-state index in [2.05, 4.69) is 41.8 Å². The summed E-state index contributed by atoms with van der Waals surface area (Å²) in [6.07, 6.45) is -2.90. The largest absolute Gasteiger partial charge is 0.416 e. The lowest BCUT2D eigenvalue weighted by Crippen LogP contribution is -2.19. The number of fused-ring (bicyclic) bond motifs is 1. The Morgan fingerprint density at radius 1 is 0.844 bits per heavy atom. The van der Waals surface area contributed by atoms with Crippen LogP contribution in [0.15, 0.2) is 77.5 Å². The van der Waals surface area contributed by atoms with Gasteiger partial charge in [-0.2, -0.15) is 13.2 Å². The number of nitrogens with zero attached hydrogens (tertiary/aromatic N) is 2. The lowest BCUT2D eigenvalue weighted by Gasteiger charge is -2.13. The summed E-state index contributed by atoms with van der Waals surface area (Å²) in [7, 11) is 0. The Morgan fingerprint density at radius 2 is 1.56 bits per heavy atom. The van der Waals surface area contributed by atoms with E-state index in [1.807, 2.05) is 36.4 Å². The molecule has 1 heterocycles. The molecule has 0 saturated heterocycles. The molecule has 0 aliphatic carbocycles. The van der Waals surface area contributed by atoms with Crippen molar-refractivity contribution >= 4 is 67.0 Å². The molecule has 0 saturated carbocycles. The van der Waals surface area contributed by atoms with E-state index in [9.17, 15) is 13.2 Å². The molecule has 0 aliphatic heterocycles. The highest BCUT2D eigenvalue weighted by molar-refractivity contribution is 9.10. The molecule has 162 valence electrons. The van der Waals surface area contributed by atoms with Crippen LogP contribution in [0.5, 0.6) is 0 Å². The Balaban J connectivity index is 1.51. The fourth-order valence-electron chi connectivity index (χ4n) is 2.97. The molecule has 0 unspecified atom stereocenters. The lowest BCUT2D eigenvalue weighted by atomic mass is 10.2. The Labute approximate surface area is 195 Å². The van der Waals surface area contributed by atoms with E-state index in [-0.39, 0.29) is 5.11 Å². The van der Waals surface area contributed by atoms with E-state index in [0.29, 0.717) is 17.2 Å². The number of rotatable bonds is 4. The predicted molar refractivity (Wildman–Crippen MR) is 128 cm³/mol. The van der Waals surface area contributed by atoms with Gasteiger partial charge in [0.15, 0.2) is 5.11 Å². The molecule has 4 rings (SSSR count). The second kappa shape index (κ2) is 9.09. The maximum atomic E-state index is 12.7. The summed E-state index contributed by atoms with van der Waals surface area (Å²) in [5.74, 6) is 0.623. The minimum atomic E-state index is -4.38. The van der Waals surface area contributed by atoms with Gasteiger partial charge in [-0.25, -0.2) is 9.97 Å². The van der Waals surface area contributed by atoms with Crippen LogP contribution < -0.4 is 16.0 Å². The van der Waals surface area contributed by atoms with Crippen LogP contribution in [0.1, 0.15) is 5.56 Å². The van der Waals surface area contributed by atoms with Crippen LogP contribution in [0.2, 0.25) is 0 Å². The summed E-state index contributed by atoms with van der Waals surface area (Å²) in [6, 6.07) is 17.8. The normalized spacial score (nSPS) is 11.2. The van der Waals surface area contributed by atoms with Gasteiger partial charge in [0, 0.05) is 26.9 Å². The lowest BCUT2D eigenvalue weighted by molar-refractivity contribution is -0.137. The summed E-state index contributed by atoms with van der Waals surface area (Å²) in [5.41, 5.74) is 1.99. The number of hydrogen-bond donors (Lipinski definition) is 3. The molecule has 0 atom stereocenters. The zero-order chi connectivity index (χ0) is 22.7. The highest BCUT2D eigenvalue weighted by atomic mass is 79.9. The zero-order valence-electron chi connectivity index (χ0n) is 16.2. The van der Waals surface area contributed by atoms with E-state index < -0.39 is 11.7 Å². The van der Waals surface area contributed by atoms with Crippen LogP contribution in [0, 0.1) is 0 Å². The average Bonchev–Trinajstić information content (AvgIpc) is 2.74. The molecule has 0 spiro atoms. The SMILES string of the molecule is FC(F)(F)c1ccc(NC(=S)Nc2ccc3ncnc(Nc4cccc(Br)c4)c3c2)cc1. The Kier molecular flexibility index (Phi) is 6.24. The maximum absolute atomic E-state index is 12.7. The number of alkyl halides is 3. The number of thiocarbonyl (C=S) groups is 1. The van der Waals surface area contributed by atoms with Gasteiger partial charge in [-0.3, -0.25) is 0 Å². The molecule has 0 radical (unpaired) electrons. The average molecular weight is 518 g/mol. The number of hydrogen-bond acceptors (Lipinski definition) is 4. The number of benzene rings is 3. The first kappa shape index (κ1) is 22.0. The van der Waals surface area contributed by atoms with Gasteiger partial charge in [0.25, 0.3) is 0 Å². The molecule has 4 aromatic rings. The summed E-state index contributed by atoms with van der Waals surface area (Å²) < 4.78 is 39.1. The number of halogens is 4. The van der Waals surface area contributed by atoms with Crippen LogP contribution in [-0.4, -0.2) is 15.1 Å². The molecule has 32 heavy (non-hydrogen) atoms. The fraction of sp³-hybridized carbons (Fsp3) is 0.0455. The molecule has 0 bridgehead atoms. The first-order valence-corrected chi connectivity index (χ1v) is 10.5. The summed E-state index contributed by atoms with van der Waals surface area (Å²) in [5, 5.41) is 10.2. The Hall–Kier alpha value is -3.24. The van der Waals surface area contributed by atoms with Crippen molar-refractivity contribution in [3.8, 4) is 0 Å². The van der Waals surface area contributed by atoms with Crippen molar-refractivity contribution < 1.29 is 13.2 Å². The number of nitrogens with one attached hydrogen (secondary N) is 3. The van der Waals surface area contributed by atoms with Crippen molar-refractivity contribution in [3.05, 3.63) is 83.1 Å². The number of aromatic nitrogens is 2.